The molecule has 2 N–H and O–H groups in total. The Balaban J connectivity index is 1.72. The number of anilines is 1. The highest BCUT2D eigenvalue weighted by atomic mass is 16.2. The van der Waals surface area contributed by atoms with Gasteiger partial charge in [-0.25, -0.2) is 0 Å². The van der Waals surface area contributed by atoms with E-state index in [0.29, 0.717) is 18.9 Å². The largest absolute Gasteiger partial charge is 0.343 e. The predicted octanol–water partition coefficient (Wildman–Crippen LogP) is 1.09. The molecule has 112 valence electrons. The Morgan fingerprint density at radius 2 is 2.14 bits per heavy atom. The maximum atomic E-state index is 12.0. The molecule has 1 fully saturated rings. The monoisotopic (exact) mass is 287 g/mol. The molecule has 1 aromatic carbocycles. The van der Waals surface area contributed by atoms with Crippen molar-refractivity contribution in [2.75, 3.05) is 31.1 Å². The van der Waals surface area contributed by atoms with E-state index in [1.165, 1.54) is 5.56 Å². The number of benzene rings is 1. The number of carbonyl (C=O) groups is 2. The van der Waals surface area contributed by atoms with E-state index in [2.05, 4.69) is 6.07 Å². The number of amides is 2. The first-order valence-electron chi connectivity index (χ1n) is 7.58. The van der Waals surface area contributed by atoms with Gasteiger partial charge in [0.2, 0.25) is 11.8 Å². The summed E-state index contributed by atoms with van der Waals surface area (Å²) in [5, 5.41) is 0. The summed E-state index contributed by atoms with van der Waals surface area (Å²) in [5.74, 6) is 0.517. The highest BCUT2D eigenvalue weighted by molar-refractivity contribution is 5.97. The molecule has 5 nitrogen and oxygen atoms in total. The molecule has 2 heterocycles. The second kappa shape index (κ2) is 5.85. The van der Waals surface area contributed by atoms with Crippen molar-refractivity contribution in [1.82, 2.24) is 4.90 Å². The number of para-hydroxylation sites is 1. The summed E-state index contributed by atoms with van der Waals surface area (Å²) in [6.45, 7) is 2.37. The number of carbonyl (C=O) groups excluding carboxylic acids is 2. The van der Waals surface area contributed by atoms with E-state index in [-0.39, 0.29) is 18.4 Å². The molecule has 0 radical (unpaired) electrons. The number of likely N-dealkylation sites (tertiary alicyclic amines) is 1. The van der Waals surface area contributed by atoms with Gasteiger partial charge in [0.05, 0.1) is 6.54 Å². The maximum absolute atomic E-state index is 12.0. The Hall–Kier alpha value is -1.88. The van der Waals surface area contributed by atoms with E-state index < -0.39 is 0 Å². The van der Waals surface area contributed by atoms with Crippen LogP contribution in [0.5, 0.6) is 0 Å². The van der Waals surface area contributed by atoms with Crippen LogP contribution in [0.15, 0.2) is 24.3 Å². The van der Waals surface area contributed by atoms with Crippen molar-refractivity contribution in [1.29, 1.82) is 0 Å². The minimum absolute atomic E-state index is 0.0334. The highest BCUT2D eigenvalue weighted by Crippen LogP contribution is 2.38. The summed E-state index contributed by atoms with van der Waals surface area (Å²) in [6.07, 6.45) is 2.55. The molecule has 5 heteroatoms. The molecule has 2 aliphatic rings. The van der Waals surface area contributed by atoms with Crippen LogP contribution in [0.4, 0.5) is 5.69 Å². The lowest BCUT2D eigenvalue weighted by Gasteiger charge is -2.19. The number of nitrogens with two attached hydrogens (primary N) is 1. The quantitative estimate of drug-likeness (QED) is 0.901. The average molecular weight is 287 g/mol. The zero-order chi connectivity index (χ0) is 14.8. The highest BCUT2D eigenvalue weighted by Gasteiger charge is 2.32. The van der Waals surface area contributed by atoms with Gasteiger partial charge in [-0.15, -0.1) is 0 Å². The molecule has 0 bridgehead atoms. The fourth-order valence-electron chi connectivity index (χ4n) is 3.34. The van der Waals surface area contributed by atoms with Gasteiger partial charge >= 0.3 is 0 Å². The molecular formula is C16H21N3O2. The van der Waals surface area contributed by atoms with Gasteiger partial charge in [0.1, 0.15) is 0 Å². The van der Waals surface area contributed by atoms with Crippen LogP contribution in [0.1, 0.15) is 30.7 Å². The second-order valence-corrected chi connectivity index (χ2v) is 5.74. The number of rotatable bonds is 4. The lowest BCUT2D eigenvalue weighted by Crippen LogP contribution is -2.35. The maximum Gasteiger partial charge on any atom is 0.240 e. The fraction of sp³-hybridized carbons (Fsp3) is 0.500. The number of fused-ring (bicyclic) bond motifs is 1. The van der Waals surface area contributed by atoms with Crippen molar-refractivity contribution in [3.8, 4) is 0 Å². The third kappa shape index (κ3) is 2.65. The molecule has 0 spiro atoms. The Morgan fingerprint density at radius 3 is 2.86 bits per heavy atom. The van der Waals surface area contributed by atoms with Crippen LogP contribution < -0.4 is 10.6 Å². The molecule has 1 saturated heterocycles. The van der Waals surface area contributed by atoms with Gasteiger partial charge in [-0.1, -0.05) is 18.2 Å². The van der Waals surface area contributed by atoms with Crippen molar-refractivity contribution in [3.63, 3.8) is 0 Å². The molecule has 2 amide bonds. The summed E-state index contributed by atoms with van der Waals surface area (Å²) in [4.78, 5) is 27.4. The first-order valence-corrected chi connectivity index (χ1v) is 7.58. The van der Waals surface area contributed by atoms with Crippen LogP contribution in [-0.2, 0) is 9.59 Å². The predicted molar refractivity (Wildman–Crippen MR) is 81.0 cm³/mol. The average Bonchev–Trinajstić information content (AvgIpc) is 3.08. The summed E-state index contributed by atoms with van der Waals surface area (Å²) in [6, 6.07) is 8.00. The van der Waals surface area contributed by atoms with Crippen LogP contribution in [0.2, 0.25) is 0 Å². The van der Waals surface area contributed by atoms with Crippen molar-refractivity contribution >= 4 is 17.5 Å². The van der Waals surface area contributed by atoms with Crippen LogP contribution in [0, 0.1) is 0 Å². The summed E-state index contributed by atoms with van der Waals surface area (Å²) >= 11 is 0. The van der Waals surface area contributed by atoms with E-state index in [0.717, 1.165) is 31.6 Å². The van der Waals surface area contributed by atoms with E-state index in [9.17, 15) is 9.59 Å². The van der Waals surface area contributed by atoms with Gasteiger partial charge in [0.15, 0.2) is 0 Å². The van der Waals surface area contributed by atoms with E-state index >= 15 is 0 Å². The van der Waals surface area contributed by atoms with Crippen LogP contribution in [-0.4, -0.2) is 42.9 Å². The molecule has 0 aromatic heterocycles. The smallest absolute Gasteiger partial charge is 0.240 e. The fourth-order valence-corrected chi connectivity index (χ4v) is 3.34. The Morgan fingerprint density at radius 1 is 1.33 bits per heavy atom. The lowest BCUT2D eigenvalue weighted by atomic mass is 9.98. The molecule has 1 aromatic rings. The van der Waals surface area contributed by atoms with Crippen molar-refractivity contribution in [2.24, 2.45) is 5.73 Å². The topological polar surface area (TPSA) is 66.6 Å². The van der Waals surface area contributed by atoms with Crippen molar-refractivity contribution in [3.05, 3.63) is 29.8 Å². The number of hydrogen-bond donors (Lipinski definition) is 1. The summed E-state index contributed by atoms with van der Waals surface area (Å²) in [5.41, 5.74) is 7.68. The van der Waals surface area contributed by atoms with E-state index in [1.807, 2.05) is 23.1 Å². The van der Waals surface area contributed by atoms with Gasteiger partial charge in [-0.3, -0.25) is 9.59 Å². The van der Waals surface area contributed by atoms with Gasteiger partial charge < -0.3 is 15.5 Å². The van der Waals surface area contributed by atoms with E-state index in [4.69, 9.17) is 5.73 Å². The molecular weight excluding hydrogens is 266 g/mol. The minimum Gasteiger partial charge on any atom is -0.343 e. The summed E-state index contributed by atoms with van der Waals surface area (Å²) in [7, 11) is 0. The zero-order valence-corrected chi connectivity index (χ0v) is 12.1. The summed E-state index contributed by atoms with van der Waals surface area (Å²) < 4.78 is 0. The standard InChI is InChI=1S/C16H21N3O2/c17-10-16(21)19-11-12(13-4-1-2-5-14(13)19)7-9-18-8-3-6-15(18)20/h1-2,4-5,12H,3,6-11,17H2/t12-/m1/s1. The third-order valence-corrected chi connectivity index (χ3v) is 4.46. The van der Waals surface area contributed by atoms with Crippen LogP contribution in [0.25, 0.3) is 0 Å². The van der Waals surface area contributed by atoms with E-state index in [1.54, 1.807) is 4.90 Å². The zero-order valence-electron chi connectivity index (χ0n) is 12.1. The third-order valence-electron chi connectivity index (χ3n) is 4.46. The molecule has 3 rings (SSSR count). The van der Waals surface area contributed by atoms with Gasteiger partial charge in [-0.2, -0.15) is 0 Å². The first kappa shape index (κ1) is 14.1. The van der Waals surface area contributed by atoms with Gasteiger partial charge in [0, 0.05) is 37.7 Å². The van der Waals surface area contributed by atoms with Crippen molar-refractivity contribution in [2.45, 2.75) is 25.2 Å². The Labute approximate surface area is 124 Å². The molecule has 21 heavy (non-hydrogen) atoms. The SMILES string of the molecule is NCC(=O)N1C[C@@H](CCN2CCCC2=O)c2ccccc21. The van der Waals surface area contributed by atoms with Crippen LogP contribution in [0.3, 0.4) is 0 Å². The molecule has 2 aliphatic heterocycles. The van der Waals surface area contributed by atoms with Gasteiger partial charge in [-0.05, 0) is 24.5 Å². The van der Waals surface area contributed by atoms with Crippen molar-refractivity contribution < 1.29 is 9.59 Å². The normalized spacial score (nSPS) is 21.0. The van der Waals surface area contributed by atoms with Crippen LogP contribution >= 0.6 is 0 Å². The molecule has 0 unspecified atom stereocenters. The first-order chi connectivity index (χ1) is 10.2. The molecule has 1 atom stereocenters. The molecule has 0 aliphatic carbocycles. The Bertz CT molecular complexity index is 558. The lowest BCUT2D eigenvalue weighted by molar-refractivity contribution is -0.127. The molecule has 0 saturated carbocycles. The second-order valence-electron chi connectivity index (χ2n) is 5.74. The van der Waals surface area contributed by atoms with Gasteiger partial charge in [0.25, 0.3) is 0 Å². The number of hydrogen-bond acceptors (Lipinski definition) is 3. The minimum atomic E-state index is -0.0396. The number of nitrogens with zero attached hydrogens (tertiary/aromatic N) is 2. The Kier molecular flexibility index (Phi) is 3.92.